The molecular weight excluding hydrogens is 284 g/mol. The van der Waals surface area contributed by atoms with E-state index in [-0.39, 0.29) is 0 Å². The molecule has 0 aliphatic rings. The Bertz CT molecular complexity index is 503. The zero-order valence-electron chi connectivity index (χ0n) is 12.7. The molecule has 1 heterocycles. The normalized spacial score (nSPS) is 14.8. The van der Waals surface area contributed by atoms with Crippen LogP contribution < -0.4 is 4.72 Å². The molecular formula is C16H24N2S2. The largest absolute Gasteiger partial charge is 0.255 e. The fourth-order valence-corrected chi connectivity index (χ4v) is 4.42. The van der Waals surface area contributed by atoms with Gasteiger partial charge < -0.3 is 0 Å². The van der Waals surface area contributed by atoms with Crippen LogP contribution in [0.25, 0.3) is 10.2 Å². The fourth-order valence-electron chi connectivity index (χ4n) is 2.60. The molecule has 20 heavy (non-hydrogen) atoms. The van der Waals surface area contributed by atoms with Gasteiger partial charge in [0.2, 0.25) is 0 Å². The maximum atomic E-state index is 4.63. The Morgan fingerprint density at radius 2 is 1.90 bits per heavy atom. The maximum Gasteiger partial charge on any atom is 0.166 e. The Labute approximate surface area is 130 Å². The van der Waals surface area contributed by atoms with Crippen molar-refractivity contribution in [1.29, 1.82) is 0 Å². The van der Waals surface area contributed by atoms with Crippen molar-refractivity contribution < 1.29 is 0 Å². The van der Waals surface area contributed by atoms with E-state index in [9.17, 15) is 0 Å². The number of rotatable bonds is 7. The molecule has 0 aliphatic carbocycles. The van der Waals surface area contributed by atoms with E-state index in [0.717, 1.165) is 21.7 Å². The van der Waals surface area contributed by atoms with E-state index < -0.39 is 0 Å². The van der Waals surface area contributed by atoms with Crippen LogP contribution in [0.4, 0.5) is 0 Å². The number of hydrogen-bond acceptors (Lipinski definition) is 4. The molecule has 0 spiro atoms. The van der Waals surface area contributed by atoms with Crippen molar-refractivity contribution in [3.05, 3.63) is 24.3 Å². The number of thiazole rings is 1. The first-order chi connectivity index (χ1) is 9.54. The minimum Gasteiger partial charge on any atom is -0.255 e. The highest BCUT2D eigenvalue weighted by Gasteiger charge is 2.11. The summed E-state index contributed by atoms with van der Waals surface area (Å²) in [5, 5.41) is 0. The SMILES string of the molecule is CC(C)CC(C)CC(C)NSc1nc2ccccc2s1. The molecule has 0 radical (unpaired) electrons. The van der Waals surface area contributed by atoms with Crippen molar-refractivity contribution in [2.45, 2.75) is 50.9 Å². The summed E-state index contributed by atoms with van der Waals surface area (Å²) in [7, 11) is 0. The van der Waals surface area contributed by atoms with Crippen molar-refractivity contribution in [2.75, 3.05) is 0 Å². The number of aromatic nitrogens is 1. The summed E-state index contributed by atoms with van der Waals surface area (Å²) < 4.78 is 5.90. The summed E-state index contributed by atoms with van der Waals surface area (Å²) >= 11 is 3.43. The van der Waals surface area contributed by atoms with Crippen LogP contribution in [0, 0.1) is 11.8 Å². The van der Waals surface area contributed by atoms with E-state index in [0.29, 0.717) is 6.04 Å². The van der Waals surface area contributed by atoms with E-state index in [2.05, 4.69) is 55.6 Å². The molecule has 0 amide bonds. The predicted molar refractivity (Wildman–Crippen MR) is 91.3 cm³/mol. The van der Waals surface area contributed by atoms with Gasteiger partial charge in [0.1, 0.15) is 0 Å². The van der Waals surface area contributed by atoms with Gasteiger partial charge in [-0.15, -0.1) is 11.3 Å². The third-order valence-electron chi connectivity index (χ3n) is 3.25. The van der Waals surface area contributed by atoms with E-state index in [4.69, 9.17) is 0 Å². The van der Waals surface area contributed by atoms with Crippen LogP contribution >= 0.6 is 23.3 Å². The van der Waals surface area contributed by atoms with Crippen LogP contribution in [0.3, 0.4) is 0 Å². The van der Waals surface area contributed by atoms with Crippen LogP contribution in [0.2, 0.25) is 0 Å². The van der Waals surface area contributed by atoms with Gasteiger partial charge in [0.05, 0.1) is 10.2 Å². The lowest BCUT2D eigenvalue weighted by atomic mass is 9.93. The summed E-state index contributed by atoms with van der Waals surface area (Å²) in [4.78, 5) is 4.63. The van der Waals surface area contributed by atoms with Gasteiger partial charge in [-0.3, -0.25) is 4.72 Å². The number of para-hydroxylation sites is 1. The van der Waals surface area contributed by atoms with Gasteiger partial charge in [0.15, 0.2) is 4.34 Å². The summed E-state index contributed by atoms with van der Waals surface area (Å²) in [5.74, 6) is 1.56. The van der Waals surface area contributed by atoms with Gasteiger partial charge in [-0.25, -0.2) is 4.98 Å². The van der Waals surface area contributed by atoms with E-state index in [1.54, 1.807) is 23.3 Å². The number of nitrogens with one attached hydrogen (secondary N) is 1. The molecule has 1 aromatic heterocycles. The second kappa shape index (κ2) is 7.43. The summed E-state index contributed by atoms with van der Waals surface area (Å²) in [6.45, 7) is 9.20. The highest BCUT2D eigenvalue weighted by atomic mass is 32.2. The Balaban J connectivity index is 1.82. The lowest BCUT2D eigenvalue weighted by molar-refractivity contribution is 0.386. The fraction of sp³-hybridized carbons (Fsp3) is 0.562. The smallest absolute Gasteiger partial charge is 0.166 e. The standard InChI is InChI=1S/C16H24N2S2/c1-11(2)9-12(3)10-13(4)18-20-16-17-14-7-5-6-8-15(14)19-16/h5-8,11-13,18H,9-10H2,1-4H3. The third-order valence-corrected chi connectivity index (χ3v) is 5.37. The van der Waals surface area contributed by atoms with Gasteiger partial charge in [-0.05, 0) is 55.7 Å². The van der Waals surface area contributed by atoms with Crippen molar-refractivity contribution in [3.63, 3.8) is 0 Å². The molecule has 0 saturated carbocycles. The molecule has 0 aliphatic heterocycles. The molecule has 1 aromatic carbocycles. The van der Waals surface area contributed by atoms with Crippen LogP contribution in [0.5, 0.6) is 0 Å². The Morgan fingerprint density at radius 3 is 2.60 bits per heavy atom. The Kier molecular flexibility index (Phi) is 5.87. The zero-order chi connectivity index (χ0) is 14.5. The van der Waals surface area contributed by atoms with Gasteiger partial charge >= 0.3 is 0 Å². The number of fused-ring (bicyclic) bond motifs is 1. The zero-order valence-corrected chi connectivity index (χ0v) is 14.4. The summed E-state index contributed by atoms with van der Waals surface area (Å²) in [5.41, 5.74) is 1.10. The van der Waals surface area contributed by atoms with E-state index in [1.807, 2.05) is 6.07 Å². The second-order valence-electron chi connectivity index (χ2n) is 6.04. The van der Waals surface area contributed by atoms with Crippen molar-refractivity contribution in [1.82, 2.24) is 9.71 Å². The molecule has 2 unspecified atom stereocenters. The van der Waals surface area contributed by atoms with Crippen LogP contribution in [0.1, 0.15) is 40.5 Å². The number of nitrogens with zero attached hydrogens (tertiary/aromatic N) is 1. The minimum atomic E-state index is 0.515. The first-order valence-corrected chi connectivity index (χ1v) is 8.96. The molecule has 0 saturated heterocycles. The summed E-state index contributed by atoms with van der Waals surface area (Å²) in [6, 6.07) is 8.83. The monoisotopic (exact) mass is 308 g/mol. The number of hydrogen-bond donors (Lipinski definition) is 1. The van der Waals surface area contributed by atoms with Gasteiger partial charge in [-0.1, -0.05) is 32.9 Å². The molecule has 2 nitrogen and oxygen atoms in total. The maximum absolute atomic E-state index is 4.63. The van der Waals surface area contributed by atoms with Crippen molar-refractivity contribution in [2.24, 2.45) is 11.8 Å². The van der Waals surface area contributed by atoms with E-state index >= 15 is 0 Å². The first kappa shape index (κ1) is 15.8. The highest BCUT2D eigenvalue weighted by Crippen LogP contribution is 2.28. The molecule has 2 rings (SSSR count). The van der Waals surface area contributed by atoms with E-state index in [1.165, 1.54) is 17.5 Å². The molecule has 0 bridgehead atoms. The highest BCUT2D eigenvalue weighted by molar-refractivity contribution is 7.99. The second-order valence-corrected chi connectivity index (χ2v) is 8.15. The lowest BCUT2D eigenvalue weighted by Crippen LogP contribution is -2.22. The van der Waals surface area contributed by atoms with Crippen molar-refractivity contribution in [3.8, 4) is 0 Å². The Morgan fingerprint density at radius 1 is 1.15 bits per heavy atom. The minimum absolute atomic E-state index is 0.515. The topological polar surface area (TPSA) is 24.9 Å². The molecule has 0 fully saturated rings. The summed E-state index contributed by atoms with van der Waals surface area (Å²) in [6.07, 6.45) is 2.52. The lowest BCUT2D eigenvalue weighted by Gasteiger charge is -2.18. The van der Waals surface area contributed by atoms with Crippen molar-refractivity contribution >= 4 is 33.5 Å². The van der Waals surface area contributed by atoms with Gasteiger partial charge in [0.25, 0.3) is 0 Å². The average molecular weight is 309 g/mol. The number of benzene rings is 1. The van der Waals surface area contributed by atoms with Crippen LogP contribution in [0.15, 0.2) is 28.6 Å². The third kappa shape index (κ3) is 4.76. The molecule has 110 valence electrons. The Hall–Kier alpha value is -0.580. The van der Waals surface area contributed by atoms with Crippen LogP contribution in [-0.4, -0.2) is 11.0 Å². The molecule has 1 N–H and O–H groups in total. The van der Waals surface area contributed by atoms with Gasteiger partial charge in [0, 0.05) is 6.04 Å². The quantitative estimate of drug-likeness (QED) is 0.698. The van der Waals surface area contributed by atoms with Crippen LogP contribution in [-0.2, 0) is 0 Å². The average Bonchev–Trinajstić information content (AvgIpc) is 2.77. The van der Waals surface area contributed by atoms with Gasteiger partial charge in [-0.2, -0.15) is 0 Å². The molecule has 2 aromatic rings. The molecule has 4 heteroatoms. The first-order valence-electron chi connectivity index (χ1n) is 7.32. The molecule has 2 atom stereocenters. The predicted octanol–water partition coefficient (Wildman–Crippen LogP) is 5.35.